The van der Waals surface area contributed by atoms with Crippen molar-refractivity contribution in [3.63, 3.8) is 0 Å². The summed E-state index contributed by atoms with van der Waals surface area (Å²) in [7, 11) is 2.88. The van der Waals surface area contributed by atoms with E-state index in [0.717, 1.165) is 28.0 Å². The number of rotatable bonds is 6. The smallest absolute Gasteiger partial charge is 0.341 e. The Hall–Kier alpha value is -3.80. The minimum Gasteiger partial charge on any atom is -0.496 e. The molecule has 0 radical (unpaired) electrons. The van der Waals surface area contributed by atoms with Gasteiger partial charge in [-0.15, -0.1) is 0 Å². The molecule has 0 aliphatic rings. The van der Waals surface area contributed by atoms with E-state index in [-0.39, 0.29) is 0 Å². The predicted molar refractivity (Wildman–Crippen MR) is 113 cm³/mol. The van der Waals surface area contributed by atoms with Gasteiger partial charge >= 0.3 is 5.97 Å². The first-order valence-corrected chi connectivity index (χ1v) is 9.21. The van der Waals surface area contributed by atoms with Crippen molar-refractivity contribution in [1.29, 1.82) is 0 Å². The van der Waals surface area contributed by atoms with Crippen LogP contribution >= 0.6 is 0 Å². The van der Waals surface area contributed by atoms with Crippen molar-refractivity contribution < 1.29 is 14.3 Å². The van der Waals surface area contributed by atoms with Gasteiger partial charge in [-0.25, -0.2) is 9.78 Å². The van der Waals surface area contributed by atoms with E-state index < -0.39 is 5.97 Å². The van der Waals surface area contributed by atoms with Crippen LogP contribution in [0.15, 0.2) is 73.1 Å². The molecule has 0 aliphatic carbocycles. The van der Waals surface area contributed by atoms with Gasteiger partial charge in [0, 0.05) is 24.0 Å². The van der Waals surface area contributed by atoms with Crippen LogP contribution in [0, 0.1) is 0 Å². The Morgan fingerprint density at radius 3 is 2.72 bits per heavy atom. The first-order chi connectivity index (χ1) is 14.2. The molecule has 1 N–H and O–H groups in total. The van der Waals surface area contributed by atoms with Gasteiger partial charge in [-0.3, -0.25) is 4.57 Å². The molecule has 0 aliphatic heterocycles. The van der Waals surface area contributed by atoms with Crippen molar-refractivity contribution in [3.05, 3.63) is 84.2 Å². The number of carbonyl (C=O) groups excluding carboxylic acids is 1. The number of para-hydroxylation sites is 2. The molecule has 6 heteroatoms. The van der Waals surface area contributed by atoms with Crippen LogP contribution in [0.25, 0.3) is 16.7 Å². The zero-order valence-corrected chi connectivity index (χ0v) is 16.3. The van der Waals surface area contributed by atoms with Crippen molar-refractivity contribution in [2.45, 2.75) is 6.54 Å². The highest BCUT2D eigenvalue weighted by molar-refractivity contribution is 5.93. The van der Waals surface area contributed by atoms with Crippen LogP contribution in [0.1, 0.15) is 15.9 Å². The number of esters is 1. The first kappa shape index (κ1) is 18.6. The van der Waals surface area contributed by atoms with Gasteiger partial charge < -0.3 is 14.8 Å². The number of aromatic nitrogens is 2. The summed E-state index contributed by atoms with van der Waals surface area (Å²) < 4.78 is 12.2. The number of carbonyl (C=O) groups is 1. The van der Waals surface area contributed by atoms with Crippen LogP contribution in [0.2, 0.25) is 0 Å². The van der Waals surface area contributed by atoms with Gasteiger partial charge in [0.15, 0.2) is 0 Å². The molecule has 29 heavy (non-hydrogen) atoms. The Labute approximate surface area is 168 Å². The molecule has 0 spiro atoms. The van der Waals surface area contributed by atoms with E-state index >= 15 is 0 Å². The molecular weight excluding hydrogens is 366 g/mol. The molecule has 146 valence electrons. The summed E-state index contributed by atoms with van der Waals surface area (Å²) in [5.41, 5.74) is 5.46. The van der Waals surface area contributed by atoms with Crippen LogP contribution in [-0.2, 0) is 11.3 Å². The van der Waals surface area contributed by atoms with E-state index in [1.54, 1.807) is 12.1 Å². The summed E-state index contributed by atoms with van der Waals surface area (Å²) >= 11 is 0. The summed E-state index contributed by atoms with van der Waals surface area (Å²) in [5.74, 6) is 0.0501. The normalized spacial score (nSPS) is 10.7. The number of hydrogen-bond donors (Lipinski definition) is 1. The summed E-state index contributed by atoms with van der Waals surface area (Å²) in [6, 6.07) is 21.7. The summed E-state index contributed by atoms with van der Waals surface area (Å²) in [6.07, 6.45) is 1.84. The summed E-state index contributed by atoms with van der Waals surface area (Å²) in [6.45, 7) is 0.626. The molecule has 0 unspecified atom stereocenters. The highest BCUT2D eigenvalue weighted by Crippen LogP contribution is 2.25. The van der Waals surface area contributed by atoms with Crippen LogP contribution < -0.4 is 10.1 Å². The topological polar surface area (TPSA) is 65.4 Å². The van der Waals surface area contributed by atoms with E-state index in [1.807, 2.05) is 36.7 Å². The molecule has 3 aromatic carbocycles. The number of fused-ring (bicyclic) bond motifs is 1. The first-order valence-electron chi connectivity index (χ1n) is 9.21. The maximum Gasteiger partial charge on any atom is 0.341 e. The number of benzene rings is 3. The highest BCUT2D eigenvalue weighted by Gasteiger charge is 2.13. The van der Waals surface area contributed by atoms with Gasteiger partial charge in [0.1, 0.15) is 17.6 Å². The van der Waals surface area contributed by atoms with E-state index in [4.69, 9.17) is 9.47 Å². The number of hydrogen-bond acceptors (Lipinski definition) is 5. The molecule has 1 heterocycles. The highest BCUT2D eigenvalue weighted by atomic mass is 16.5. The van der Waals surface area contributed by atoms with Crippen molar-refractivity contribution in [2.75, 3.05) is 19.5 Å². The van der Waals surface area contributed by atoms with E-state index in [1.165, 1.54) is 14.2 Å². The second-order valence-corrected chi connectivity index (χ2v) is 6.53. The Morgan fingerprint density at radius 2 is 1.90 bits per heavy atom. The molecule has 1 aromatic heterocycles. The lowest BCUT2D eigenvalue weighted by Gasteiger charge is -2.12. The Bertz CT molecular complexity index is 1170. The third-order valence-electron chi connectivity index (χ3n) is 4.75. The number of imidazole rings is 1. The Balaban J connectivity index is 1.54. The average Bonchev–Trinajstić information content (AvgIpc) is 3.21. The minimum absolute atomic E-state index is 0.398. The van der Waals surface area contributed by atoms with Crippen molar-refractivity contribution in [2.24, 2.45) is 0 Å². The second kappa shape index (κ2) is 8.06. The van der Waals surface area contributed by atoms with E-state index in [0.29, 0.717) is 17.9 Å². The van der Waals surface area contributed by atoms with Crippen LogP contribution in [0.4, 0.5) is 5.69 Å². The number of nitrogens with one attached hydrogen (secondary N) is 1. The third kappa shape index (κ3) is 3.78. The van der Waals surface area contributed by atoms with Gasteiger partial charge in [0.25, 0.3) is 0 Å². The fraction of sp³-hybridized carbons (Fsp3) is 0.130. The lowest BCUT2D eigenvalue weighted by molar-refractivity contribution is 0.0597. The van der Waals surface area contributed by atoms with Gasteiger partial charge in [0.2, 0.25) is 0 Å². The lowest BCUT2D eigenvalue weighted by atomic mass is 10.1. The molecule has 4 aromatic rings. The van der Waals surface area contributed by atoms with E-state index in [9.17, 15) is 4.79 Å². The third-order valence-corrected chi connectivity index (χ3v) is 4.75. The van der Waals surface area contributed by atoms with Crippen molar-refractivity contribution in [1.82, 2.24) is 9.55 Å². The van der Waals surface area contributed by atoms with Gasteiger partial charge in [0.05, 0.1) is 25.3 Å². The quantitative estimate of drug-likeness (QED) is 0.496. The molecule has 6 nitrogen and oxygen atoms in total. The fourth-order valence-corrected chi connectivity index (χ4v) is 3.27. The molecule has 0 saturated heterocycles. The van der Waals surface area contributed by atoms with Crippen molar-refractivity contribution >= 4 is 22.7 Å². The zero-order chi connectivity index (χ0) is 20.2. The molecular formula is C23H21N3O3. The maximum absolute atomic E-state index is 11.8. The van der Waals surface area contributed by atoms with Gasteiger partial charge in [-0.05, 0) is 42.0 Å². The predicted octanol–water partition coefficient (Wildman–Crippen LogP) is 4.43. The van der Waals surface area contributed by atoms with Crippen LogP contribution in [-0.4, -0.2) is 29.7 Å². The monoisotopic (exact) mass is 387 g/mol. The van der Waals surface area contributed by atoms with Crippen LogP contribution in [0.5, 0.6) is 5.75 Å². The lowest BCUT2D eigenvalue weighted by Crippen LogP contribution is -2.06. The molecule has 0 bridgehead atoms. The SMILES string of the molecule is COC(=O)c1ccc(NCc2cccc(-n3cnc4ccccc43)c2)cc1OC. The van der Waals surface area contributed by atoms with Crippen molar-refractivity contribution in [3.8, 4) is 11.4 Å². The molecule has 0 fully saturated rings. The summed E-state index contributed by atoms with van der Waals surface area (Å²) in [4.78, 5) is 16.3. The molecule has 0 saturated carbocycles. The zero-order valence-electron chi connectivity index (χ0n) is 16.3. The number of methoxy groups -OCH3 is 2. The average molecular weight is 387 g/mol. The van der Waals surface area contributed by atoms with Crippen LogP contribution in [0.3, 0.4) is 0 Å². The standard InChI is InChI=1S/C23H21N3O3/c1-28-22-13-17(10-11-19(22)23(27)29-2)24-14-16-6-5-7-18(12-16)26-15-25-20-8-3-4-9-21(20)26/h3-13,15,24H,14H2,1-2H3. The maximum atomic E-state index is 11.8. The molecule has 4 rings (SSSR count). The Kier molecular flexibility index (Phi) is 5.16. The number of anilines is 1. The summed E-state index contributed by atoms with van der Waals surface area (Å²) in [5, 5.41) is 3.37. The van der Waals surface area contributed by atoms with Gasteiger partial charge in [-0.2, -0.15) is 0 Å². The largest absolute Gasteiger partial charge is 0.496 e. The number of ether oxygens (including phenoxy) is 2. The second-order valence-electron chi connectivity index (χ2n) is 6.53. The fourth-order valence-electron chi connectivity index (χ4n) is 3.27. The molecule has 0 amide bonds. The minimum atomic E-state index is -0.423. The number of nitrogens with zero attached hydrogens (tertiary/aromatic N) is 2. The Morgan fingerprint density at radius 1 is 1.03 bits per heavy atom. The van der Waals surface area contributed by atoms with Gasteiger partial charge in [-0.1, -0.05) is 24.3 Å². The van der Waals surface area contributed by atoms with E-state index in [2.05, 4.69) is 39.1 Å². The molecule has 0 atom stereocenters.